The molecule has 1 atom stereocenters. The highest BCUT2D eigenvalue weighted by atomic mass is 32.2. The van der Waals surface area contributed by atoms with Gasteiger partial charge in [-0.3, -0.25) is 9.59 Å². The number of nitrogens with one attached hydrogen (secondary N) is 1. The van der Waals surface area contributed by atoms with Gasteiger partial charge in [0.1, 0.15) is 5.75 Å². The number of nitrogens with two attached hydrogens (primary N) is 1. The van der Waals surface area contributed by atoms with E-state index in [1.807, 2.05) is 4.90 Å². The second kappa shape index (κ2) is 7.71. The molecule has 1 aliphatic carbocycles. The molecule has 2 amide bonds. The average molecular weight is 410 g/mol. The summed E-state index contributed by atoms with van der Waals surface area (Å²) in [7, 11) is -2.50. The smallest absolute Gasteiger partial charge is 0.255 e. The Morgan fingerprint density at radius 2 is 1.93 bits per heavy atom. The van der Waals surface area contributed by atoms with Crippen LogP contribution in [0.25, 0.3) is 0 Å². The Kier molecular flexibility index (Phi) is 5.67. The average Bonchev–Trinajstić information content (AvgIpc) is 3.02. The summed E-state index contributed by atoms with van der Waals surface area (Å²) in [5.74, 6) is 0.00365. The van der Waals surface area contributed by atoms with Crippen LogP contribution < -0.4 is 15.2 Å². The number of carbonyl (C=O) groups excluding carboxylic acids is 2. The summed E-state index contributed by atoms with van der Waals surface area (Å²) in [6.07, 6.45) is 4.60. The molecule has 8 nitrogen and oxygen atoms in total. The topological polar surface area (TPSA) is 119 Å². The van der Waals surface area contributed by atoms with Crippen LogP contribution in [0.5, 0.6) is 5.75 Å². The molecule has 1 aromatic rings. The van der Waals surface area contributed by atoms with Gasteiger partial charge >= 0.3 is 0 Å². The zero-order valence-corrected chi connectivity index (χ0v) is 17.0. The van der Waals surface area contributed by atoms with Gasteiger partial charge < -0.3 is 15.0 Å². The van der Waals surface area contributed by atoms with Crippen molar-refractivity contribution in [2.75, 3.05) is 20.2 Å². The normalized spacial score (nSPS) is 21.5. The highest BCUT2D eigenvalue weighted by Gasteiger charge is 2.45. The lowest BCUT2D eigenvalue weighted by atomic mass is 9.74. The molecule has 1 saturated carbocycles. The van der Waals surface area contributed by atoms with Crippen molar-refractivity contribution in [3.63, 3.8) is 0 Å². The first kappa shape index (κ1) is 20.6. The molecular formula is C19H27N3O5S. The molecule has 154 valence electrons. The molecule has 0 aromatic heterocycles. The van der Waals surface area contributed by atoms with Crippen molar-refractivity contribution in [2.24, 2.45) is 10.6 Å². The van der Waals surface area contributed by atoms with Crippen LogP contribution in [-0.4, -0.2) is 51.4 Å². The summed E-state index contributed by atoms with van der Waals surface area (Å²) >= 11 is 0. The molecule has 28 heavy (non-hydrogen) atoms. The molecule has 2 fully saturated rings. The molecule has 3 N–H and O–H groups in total. The number of benzene rings is 1. The van der Waals surface area contributed by atoms with E-state index in [0.29, 0.717) is 18.8 Å². The summed E-state index contributed by atoms with van der Waals surface area (Å²) in [6.45, 7) is 2.98. The number of nitrogens with zero attached hydrogens (tertiary/aromatic N) is 1. The molecule has 1 saturated heterocycles. The fraction of sp³-hybridized carbons (Fsp3) is 0.579. The van der Waals surface area contributed by atoms with Gasteiger partial charge in [0.25, 0.3) is 5.91 Å². The Morgan fingerprint density at radius 3 is 2.50 bits per heavy atom. The van der Waals surface area contributed by atoms with Gasteiger partial charge in [-0.25, -0.2) is 13.6 Å². The van der Waals surface area contributed by atoms with E-state index >= 15 is 0 Å². The molecular weight excluding hydrogens is 382 g/mol. The van der Waals surface area contributed by atoms with Crippen LogP contribution in [0.4, 0.5) is 0 Å². The van der Waals surface area contributed by atoms with Crippen LogP contribution in [0.15, 0.2) is 23.1 Å². The molecule has 0 bridgehead atoms. The zero-order chi connectivity index (χ0) is 20.5. The highest BCUT2D eigenvalue weighted by molar-refractivity contribution is 7.89. The van der Waals surface area contributed by atoms with Gasteiger partial charge in [0.15, 0.2) is 0 Å². The number of ether oxygens (including phenoxy) is 1. The molecule has 1 unspecified atom stereocenters. The van der Waals surface area contributed by atoms with Crippen LogP contribution in [0.2, 0.25) is 0 Å². The van der Waals surface area contributed by atoms with Crippen molar-refractivity contribution in [3.8, 4) is 5.75 Å². The predicted octanol–water partition coefficient (Wildman–Crippen LogP) is 1.25. The van der Waals surface area contributed by atoms with Crippen LogP contribution in [0.1, 0.15) is 49.4 Å². The van der Waals surface area contributed by atoms with Crippen molar-refractivity contribution in [1.82, 2.24) is 10.2 Å². The van der Waals surface area contributed by atoms with Crippen molar-refractivity contribution >= 4 is 21.8 Å². The van der Waals surface area contributed by atoms with Crippen LogP contribution >= 0.6 is 0 Å². The number of sulfonamides is 1. The third-order valence-electron chi connectivity index (χ3n) is 6.16. The fourth-order valence-corrected chi connectivity index (χ4v) is 5.05. The number of carbonyl (C=O) groups is 2. The number of methoxy groups -OCH3 is 1. The predicted molar refractivity (Wildman–Crippen MR) is 103 cm³/mol. The van der Waals surface area contributed by atoms with Gasteiger partial charge in [0.2, 0.25) is 15.9 Å². The first-order chi connectivity index (χ1) is 13.2. The van der Waals surface area contributed by atoms with E-state index in [1.54, 1.807) is 6.92 Å². The van der Waals surface area contributed by atoms with E-state index in [0.717, 1.165) is 32.1 Å². The monoisotopic (exact) mass is 409 g/mol. The second-order valence-electron chi connectivity index (χ2n) is 7.69. The summed E-state index contributed by atoms with van der Waals surface area (Å²) in [6, 6.07) is 3.99. The second-order valence-corrected chi connectivity index (χ2v) is 9.26. The minimum absolute atomic E-state index is 0.0167. The lowest BCUT2D eigenvalue weighted by Crippen LogP contribution is -2.51. The van der Waals surface area contributed by atoms with Crippen LogP contribution in [0, 0.1) is 5.41 Å². The maximum absolute atomic E-state index is 13.0. The van der Waals surface area contributed by atoms with E-state index in [-0.39, 0.29) is 33.7 Å². The zero-order valence-electron chi connectivity index (χ0n) is 16.2. The van der Waals surface area contributed by atoms with Gasteiger partial charge in [-0.1, -0.05) is 6.42 Å². The standard InChI is InChI=1S/C19H27N3O5S/c1-13(23)22-10-8-19(9-11-22)7-3-4-17(19)21-18(24)15-12-14(28(20,25)26)5-6-16(15)27-2/h5-6,12,17H,3-4,7-11H2,1-2H3,(H,21,24)(H2,20,25,26). The summed E-state index contributed by atoms with van der Waals surface area (Å²) in [5, 5.41) is 8.29. The van der Waals surface area contributed by atoms with E-state index < -0.39 is 10.0 Å². The van der Waals surface area contributed by atoms with Gasteiger partial charge in [0.05, 0.1) is 17.6 Å². The Balaban J connectivity index is 1.80. The molecule has 1 aromatic carbocycles. The molecule has 0 radical (unpaired) electrons. The highest BCUT2D eigenvalue weighted by Crippen LogP contribution is 2.46. The minimum atomic E-state index is -3.93. The largest absolute Gasteiger partial charge is 0.496 e. The van der Waals surface area contributed by atoms with Crippen LogP contribution in [0.3, 0.4) is 0 Å². The number of rotatable bonds is 4. The number of hydrogen-bond donors (Lipinski definition) is 2. The SMILES string of the molecule is COc1ccc(S(N)(=O)=O)cc1C(=O)NC1CCCC12CCN(C(C)=O)CC2. The molecule has 9 heteroatoms. The van der Waals surface area contributed by atoms with Crippen LogP contribution in [-0.2, 0) is 14.8 Å². The van der Waals surface area contributed by atoms with Crippen molar-refractivity contribution in [3.05, 3.63) is 23.8 Å². The molecule has 1 aliphatic heterocycles. The first-order valence-electron chi connectivity index (χ1n) is 9.43. The van der Waals surface area contributed by atoms with Crippen molar-refractivity contribution in [1.29, 1.82) is 0 Å². The Bertz CT molecular complexity index is 876. The summed E-state index contributed by atoms with van der Waals surface area (Å²) in [4.78, 5) is 26.3. The lowest BCUT2D eigenvalue weighted by molar-refractivity contribution is -0.131. The van der Waals surface area contributed by atoms with E-state index in [4.69, 9.17) is 9.88 Å². The molecule has 1 heterocycles. The first-order valence-corrected chi connectivity index (χ1v) is 11.0. The maximum Gasteiger partial charge on any atom is 0.255 e. The number of piperidine rings is 1. The maximum atomic E-state index is 13.0. The number of primary sulfonamides is 1. The van der Waals surface area contributed by atoms with E-state index in [2.05, 4.69) is 5.32 Å². The summed E-state index contributed by atoms with van der Waals surface area (Å²) < 4.78 is 28.5. The number of amides is 2. The fourth-order valence-electron chi connectivity index (χ4n) is 4.51. The quantitative estimate of drug-likeness (QED) is 0.776. The third kappa shape index (κ3) is 4.00. The van der Waals surface area contributed by atoms with Crippen molar-refractivity contribution in [2.45, 2.75) is 50.0 Å². The third-order valence-corrected chi connectivity index (χ3v) is 7.07. The molecule has 2 aliphatic rings. The lowest BCUT2D eigenvalue weighted by Gasteiger charge is -2.43. The Hall–Kier alpha value is -2.13. The van der Waals surface area contributed by atoms with Gasteiger partial charge in [-0.2, -0.15) is 0 Å². The van der Waals surface area contributed by atoms with Gasteiger partial charge in [-0.15, -0.1) is 0 Å². The molecule has 1 spiro atoms. The van der Waals surface area contributed by atoms with E-state index in [9.17, 15) is 18.0 Å². The molecule has 3 rings (SSSR count). The summed E-state index contributed by atoms with van der Waals surface area (Å²) in [5.41, 5.74) is 0.129. The number of hydrogen-bond acceptors (Lipinski definition) is 5. The Morgan fingerprint density at radius 1 is 1.25 bits per heavy atom. The minimum Gasteiger partial charge on any atom is -0.496 e. The van der Waals surface area contributed by atoms with Gasteiger partial charge in [0, 0.05) is 26.1 Å². The van der Waals surface area contributed by atoms with E-state index in [1.165, 1.54) is 25.3 Å². The van der Waals surface area contributed by atoms with Crippen molar-refractivity contribution < 1.29 is 22.7 Å². The van der Waals surface area contributed by atoms with Gasteiger partial charge in [-0.05, 0) is 49.3 Å². The Labute approximate surface area is 165 Å². The number of likely N-dealkylation sites (tertiary alicyclic amines) is 1.